The number of benzene rings is 1. The number of nitrogens with zero attached hydrogens (tertiary/aromatic N) is 1. The Labute approximate surface area is 129 Å². The van der Waals surface area contributed by atoms with Gasteiger partial charge in [-0.1, -0.05) is 18.2 Å². The Morgan fingerprint density at radius 1 is 1.14 bits per heavy atom. The Morgan fingerprint density at radius 2 is 1.90 bits per heavy atom. The summed E-state index contributed by atoms with van der Waals surface area (Å²) in [6, 6.07) is 11.6. The summed E-state index contributed by atoms with van der Waals surface area (Å²) in [6.07, 6.45) is 6.05. The van der Waals surface area contributed by atoms with Gasteiger partial charge in [0.2, 0.25) is 0 Å². The van der Waals surface area contributed by atoms with Gasteiger partial charge >= 0.3 is 0 Å². The molecule has 0 radical (unpaired) electrons. The summed E-state index contributed by atoms with van der Waals surface area (Å²) in [4.78, 5) is 19.0. The monoisotopic (exact) mass is 301 g/mol. The van der Waals surface area contributed by atoms with E-state index >= 15 is 0 Å². The van der Waals surface area contributed by atoms with Gasteiger partial charge in [0.25, 0.3) is 5.91 Å². The number of para-hydroxylation sites is 1. The molecular formula is C16H16ClN3O. The number of aromatic nitrogens is 2. The maximum absolute atomic E-state index is 11.9. The van der Waals surface area contributed by atoms with Crippen molar-refractivity contribution in [1.29, 1.82) is 0 Å². The normalized spacial score (nSPS) is 10.1. The SMILES string of the molecule is Cl.O=C(NCCc1c[nH]c2ccccc12)c1ccncc1. The molecule has 1 amide bonds. The van der Waals surface area contributed by atoms with E-state index in [-0.39, 0.29) is 18.3 Å². The van der Waals surface area contributed by atoms with E-state index in [1.54, 1.807) is 24.5 Å². The number of aromatic amines is 1. The summed E-state index contributed by atoms with van der Waals surface area (Å²) >= 11 is 0. The number of carbonyl (C=O) groups excluding carboxylic acids is 1. The predicted octanol–water partition coefficient (Wildman–Crippen LogP) is 2.96. The lowest BCUT2D eigenvalue weighted by Gasteiger charge is -2.04. The molecule has 3 rings (SSSR count). The van der Waals surface area contributed by atoms with Crippen LogP contribution in [0, 0.1) is 0 Å². The molecule has 2 N–H and O–H groups in total. The minimum absolute atomic E-state index is 0. The quantitative estimate of drug-likeness (QED) is 0.778. The number of nitrogens with one attached hydrogen (secondary N) is 2. The summed E-state index contributed by atoms with van der Waals surface area (Å²) in [7, 11) is 0. The van der Waals surface area contributed by atoms with Crippen LogP contribution in [0.1, 0.15) is 15.9 Å². The van der Waals surface area contributed by atoms with Gasteiger partial charge in [0.05, 0.1) is 0 Å². The van der Waals surface area contributed by atoms with Crippen LogP contribution >= 0.6 is 12.4 Å². The topological polar surface area (TPSA) is 57.8 Å². The highest BCUT2D eigenvalue weighted by Crippen LogP contribution is 2.17. The van der Waals surface area contributed by atoms with E-state index < -0.39 is 0 Å². The molecule has 21 heavy (non-hydrogen) atoms. The number of hydrogen-bond acceptors (Lipinski definition) is 2. The van der Waals surface area contributed by atoms with Crippen LogP contribution in [-0.4, -0.2) is 22.4 Å². The molecule has 4 nitrogen and oxygen atoms in total. The van der Waals surface area contributed by atoms with Gasteiger partial charge in [0.15, 0.2) is 0 Å². The highest BCUT2D eigenvalue weighted by atomic mass is 35.5. The third-order valence-corrected chi connectivity index (χ3v) is 3.30. The summed E-state index contributed by atoms with van der Waals surface area (Å²) in [6.45, 7) is 0.614. The number of carbonyl (C=O) groups is 1. The lowest BCUT2D eigenvalue weighted by molar-refractivity contribution is 0.0954. The fraction of sp³-hybridized carbons (Fsp3) is 0.125. The fourth-order valence-electron chi connectivity index (χ4n) is 2.25. The molecule has 0 bridgehead atoms. The molecule has 0 atom stereocenters. The fourth-order valence-corrected chi connectivity index (χ4v) is 2.25. The first kappa shape index (κ1) is 15.1. The van der Waals surface area contributed by atoms with Gasteiger partial charge in [-0.05, 0) is 30.2 Å². The van der Waals surface area contributed by atoms with Gasteiger partial charge < -0.3 is 10.3 Å². The first-order valence-electron chi connectivity index (χ1n) is 6.58. The zero-order valence-corrected chi connectivity index (χ0v) is 12.2. The lowest BCUT2D eigenvalue weighted by Crippen LogP contribution is -2.25. The molecule has 108 valence electrons. The summed E-state index contributed by atoms with van der Waals surface area (Å²) < 4.78 is 0. The summed E-state index contributed by atoms with van der Waals surface area (Å²) in [5.74, 6) is -0.0627. The molecule has 0 saturated heterocycles. The smallest absolute Gasteiger partial charge is 0.251 e. The highest BCUT2D eigenvalue weighted by Gasteiger charge is 2.06. The Morgan fingerprint density at radius 3 is 2.71 bits per heavy atom. The minimum atomic E-state index is -0.0627. The first-order valence-corrected chi connectivity index (χ1v) is 6.58. The van der Waals surface area contributed by atoms with Crippen LogP contribution in [0.15, 0.2) is 55.0 Å². The molecule has 2 heterocycles. The van der Waals surface area contributed by atoms with Crippen molar-refractivity contribution in [3.8, 4) is 0 Å². The van der Waals surface area contributed by atoms with Crippen molar-refractivity contribution >= 4 is 29.2 Å². The van der Waals surface area contributed by atoms with E-state index in [1.807, 2.05) is 24.4 Å². The molecule has 3 aromatic rings. The third-order valence-electron chi connectivity index (χ3n) is 3.30. The number of hydrogen-bond donors (Lipinski definition) is 2. The van der Waals surface area contributed by atoms with Crippen LogP contribution in [0.3, 0.4) is 0 Å². The molecule has 0 fully saturated rings. The van der Waals surface area contributed by atoms with Gasteiger partial charge in [0.1, 0.15) is 0 Å². The second kappa shape index (κ2) is 6.90. The number of halogens is 1. The van der Waals surface area contributed by atoms with Crippen LogP contribution in [0.4, 0.5) is 0 Å². The number of pyridine rings is 1. The molecule has 0 saturated carbocycles. The Bertz CT molecular complexity index is 724. The molecule has 0 aliphatic heterocycles. The highest BCUT2D eigenvalue weighted by molar-refractivity contribution is 5.94. The zero-order valence-electron chi connectivity index (χ0n) is 11.4. The van der Waals surface area contributed by atoms with Crippen molar-refractivity contribution in [2.75, 3.05) is 6.54 Å². The van der Waals surface area contributed by atoms with E-state index in [4.69, 9.17) is 0 Å². The van der Waals surface area contributed by atoms with Crippen molar-refractivity contribution in [1.82, 2.24) is 15.3 Å². The van der Waals surface area contributed by atoms with E-state index in [0.717, 1.165) is 11.9 Å². The van der Waals surface area contributed by atoms with Crippen LogP contribution in [0.5, 0.6) is 0 Å². The number of fused-ring (bicyclic) bond motifs is 1. The first-order chi connectivity index (χ1) is 9.84. The van der Waals surface area contributed by atoms with Gasteiger partial charge in [0, 0.05) is 41.6 Å². The zero-order chi connectivity index (χ0) is 13.8. The summed E-state index contributed by atoms with van der Waals surface area (Å²) in [5, 5.41) is 4.13. The van der Waals surface area contributed by atoms with Crippen molar-refractivity contribution in [3.05, 3.63) is 66.1 Å². The second-order valence-corrected chi connectivity index (χ2v) is 4.60. The average molecular weight is 302 g/mol. The van der Waals surface area contributed by atoms with Gasteiger partial charge in [-0.15, -0.1) is 12.4 Å². The molecular weight excluding hydrogens is 286 g/mol. The molecule has 0 spiro atoms. The maximum atomic E-state index is 11.9. The Balaban J connectivity index is 0.00000161. The Kier molecular flexibility index (Phi) is 4.95. The van der Waals surface area contributed by atoms with Crippen molar-refractivity contribution < 1.29 is 4.79 Å². The van der Waals surface area contributed by atoms with Crippen LogP contribution < -0.4 is 5.32 Å². The van der Waals surface area contributed by atoms with Crippen molar-refractivity contribution in [2.45, 2.75) is 6.42 Å². The lowest BCUT2D eigenvalue weighted by atomic mass is 10.1. The third kappa shape index (κ3) is 3.41. The van der Waals surface area contributed by atoms with E-state index in [0.29, 0.717) is 12.1 Å². The standard InChI is InChI=1S/C16H15N3O.ClH/c20-16(12-5-8-17-9-6-12)18-10-7-13-11-19-15-4-2-1-3-14(13)15;/h1-6,8-9,11,19H,7,10H2,(H,18,20);1H. The van der Waals surface area contributed by atoms with Crippen LogP contribution in [0.2, 0.25) is 0 Å². The molecule has 2 aromatic heterocycles. The van der Waals surface area contributed by atoms with Crippen LogP contribution in [0.25, 0.3) is 10.9 Å². The van der Waals surface area contributed by atoms with Gasteiger partial charge in [-0.3, -0.25) is 9.78 Å². The maximum Gasteiger partial charge on any atom is 0.251 e. The van der Waals surface area contributed by atoms with Crippen LogP contribution in [-0.2, 0) is 6.42 Å². The number of H-pyrrole nitrogens is 1. The average Bonchev–Trinajstić information content (AvgIpc) is 2.92. The molecule has 0 aliphatic carbocycles. The van der Waals surface area contributed by atoms with Gasteiger partial charge in [-0.25, -0.2) is 0 Å². The molecule has 0 unspecified atom stereocenters. The van der Waals surface area contributed by atoms with E-state index in [1.165, 1.54) is 10.9 Å². The molecule has 5 heteroatoms. The van der Waals surface area contributed by atoms with Crippen molar-refractivity contribution in [2.24, 2.45) is 0 Å². The van der Waals surface area contributed by atoms with E-state index in [9.17, 15) is 4.79 Å². The predicted molar refractivity (Wildman–Crippen MR) is 85.8 cm³/mol. The minimum Gasteiger partial charge on any atom is -0.361 e. The second-order valence-electron chi connectivity index (χ2n) is 4.60. The molecule has 1 aromatic carbocycles. The van der Waals surface area contributed by atoms with E-state index in [2.05, 4.69) is 21.4 Å². The summed E-state index contributed by atoms with van der Waals surface area (Å²) in [5.41, 5.74) is 2.98. The largest absolute Gasteiger partial charge is 0.361 e. The van der Waals surface area contributed by atoms with Crippen molar-refractivity contribution in [3.63, 3.8) is 0 Å². The number of rotatable bonds is 4. The van der Waals surface area contributed by atoms with Gasteiger partial charge in [-0.2, -0.15) is 0 Å². The number of amides is 1. The Hall–Kier alpha value is -2.33. The molecule has 0 aliphatic rings.